The maximum Gasteiger partial charge on any atom is 0.418 e. The lowest BCUT2D eigenvalue weighted by molar-refractivity contribution is -0.415. The highest BCUT2D eigenvalue weighted by atomic mass is 16.2. The molecule has 86 valence electrons. The Kier molecular flexibility index (Phi) is 3.63. The Morgan fingerprint density at radius 3 is 2.50 bits per heavy atom. The summed E-state index contributed by atoms with van der Waals surface area (Å²) >= 11 is 0. The summed E-state index contributed by atoms with van der Waals surface area (Å²) in [5.74, 6) is -0.0198. The van der Waals surface area contributed by atoms with Crippen LogP contribution in [-0.2, 0) is 5.41 Å². The molecule has 2 nitrogen and oxygen atoms in total. The van der Waals surface area contributed by atoms with Crippen LogP contribution >= 0.6 is 0 Å². The van der Waals surface area contributed by atoms with Crippen molar-refractivity contribution in [2.75, 3.05) is 6.54 Å². The van der Waals surface area contributed by atoms with Gasteiger partial charge in [0.25, 0.3) is 0 Å². The summed E-state index contributed by atoms with van der Waals surface area (Å²) in [7, 11) is 0. The molecule has 0 bridgehead atoms. The molecule has 0 unspecified atom stereocenters. The second-order valence-corrected chi connectivity index (χ2v) is 4.99. The van der Waals surface area contributed by atoms with Crippen LogP contribution in [0.3, 0.4) is 0 Å². The molecule has 1 amide bonds. The van der Waals surface area contributed by atoms with E-state index in [4.69, 9.17) is 0 Å². The van der Waals surface area contributed by atoms with Crippen molar-refractivity contribution in [3.8, 4) is 0 Å². The van der Waals surface area contributed by atoms with Gasteiger partial charge in [-0.15, -0.1) is 0 Å². The Morgan fingerprint density at radius 2 is 2.00 bits per heavy atom. The van der Waals surface area contributed by atoms with Crippen LogP contribution in [0.2, 0.25) is 0 Å². The zero-order chi connectivity index (χ0) is 12.3. The first-order valence-electron chi connectivity index (χ1n) is 5.59. The molecule has 1 rings (SSSR count). The molecule has 0 spiro atoms. The largest absolute Gasteiger partial charge is 0.418 e. The zero-order valence-electron chi connectivity index (χ0n) is 10.6. The van der Waals surface area contributed by atoms with Gasteiger partial charge in [0.1, 0.15) is 13.3 Å². The van der Waals surface area contributed by atoms with E-state index in [0.29, 0.717) is 12.1 Å². The predicted molar refractivity (Wildman–Crippen MR) is 67.4 cm³/mol. The van der Waals surface area contributed by atoms with Crippen LogP contribution in [0.25, 0.3) is 0 Å². The number of hydrogen-bond donors (Lipinski definition) is 0. The van der Waals surface area contributed by atoms with E-state index in [1.54, 1.807) is 0 Å². The highest BCUT2D eigenvalue weighted by molar-refractivity contribution is 5.88. The minimum Gasteiger partial charge on any atom is -0.214 e. The van der Waals surface area contributed by atoms with Gasteiger partial charge in [0.15, 0.2) is 0 Å². The second-order valence-electron chi connectivity index (χ2n) is 4.99. The molecule has 0 aliphatic heterocycles. The molecular formula is C14H20NO+. The molecular weight excluding hydrogens is 198 g/mol. The van der Waals surface area contributed by atoms with Crippen molar-refractivity contribution >= 4 is 12.6 Å². The van der Waals surface area contributed by atoms with Crippen molar-refractivity contribution in [1.82, 2.24) is 0 Å². The summed E-state index contributed by atoms with van der Waals surface area (Å²) in [4.78, 5) is 11.9. The van der Waals surface area contributed by atoms with Gasteiger partial charge in [-0.3, -0.25) is 0 Å². The lowest BCUT2D eigenvalue weighted by atomic mass is 9.86. The van der Waals surface area contributed by atoms with E-state index in [0.717, 1.165) is 0 Å². The van der Waals surface area contributed by atoms with Crippen molar-refractivity contribution in [1.29, 1.82) is 0 Å². The quantitative estimate of drug-likeness (QED) is 0.552. The number of hydrogen-bond acceptors (Lipinski definition) is 1. The van der Waals surface area contributed by atoms with Crippen LogP contribution < -0.4 is 0 Å². The number of carbonyl (C=O) groups excluding carboxylic acids is 1. The average Bonchev–Trinajstić information content (AvgIpc) is 2.26. The molecule has 0 aliphatic carbocycles. The summed E-state index contributed by atoms with van der Waals surface area (Å²) in [5.41, 5.74) is 1.95. The molecule has 0 heterocycles. The van der Waals surface area contributed by atoms with Gasteiger partial charge < -0.3 is 0 Å². The Hall–Kier alpha value is -1.44. The van der Waals surface area contributed by atoms with Crippen molar-refractivity contribution in [2.45, 2.75) is 33.1 Å². The smallest absolute Gasteiger partial charge is 0.214 e. The minimum absolute atomic E-state index is 0.0198. The molecule has 0 radical (unpaired) electrons. The standard InChI is InChI=1S/C14H20NO/c1-6-15(5)13(16)11-8-7-9-12(10-11)14(2,3)4/h7-10H,5-6H2,1-4H3/q+1. The van der Waals surface area contributed by atoms with Crippen LogP contribution in [0.4, 0.5) is 0 Å². The van der Waals surface area contributed by atoms with Crippen LogP contribution in [-0.4, -0.2) is 23.7 Å². The zero-order valence-corrected chi connectivity index (χ0v) is 10.6. The molecule has 2 heteroatoms. The van der Waals surface area contributed by atoms with Crippen molar-refractivity contribution < 1.29 is 9.37 Å². The lowest BCUT2D eigenvalue weighted by Gasteiger charge is -2.19. The predicted octanol–water partition coefficient (Wildman–Crippen LogP) is 2.86. The number of carbonyl (C=O) groups is 1. The molecule has 0 fully saturated rings. The van der Waals surface area contributed by atoms with Crippen LogP contribution in [0.1, 0.15) is 43.6 Å². The van der Waals surface area contributed by atoms with Gasteiger partial charge in [-0.05, 0) is 30.0 Å². The van der Waals surface area contributed by atoms with Gasteiger partial charge in [0.2, 0.25) is 0 Å². The first-order chi connectivity index (χ1) is 7.36. The number of rotatable bonds is 2. The Bertz CT molecular complexity index is 413. The minimum atomic E-state index is -0.0198. The second kappa shape index (κ2) is 4.60. The average molecular weight is 218 g/mol. The maximum absolute atomic E-state index is 11.9. The number of amides is 1. The normalized spacial score (nSPS) is 11.2. The van der Waals surface area contributed by atoms with Gasteiger partial charge in [0.05, 0.1) is 5.56 Å². The highest BCUT2D eigenvalue weighted by Crippen LogP contribution is 2.22. The van der Waals surface area contributed by atoms with E-state index >= 15 is 0 Å². The third-order valence-electron chi connectivity index (χ3n) is 2.64. The fourth-order valence-electron chi connectivity index (χ4n) is 1.44. The first kappa shape index (κ1) is 12.6. The molecule has 0 aromatic heterocycles. The van der Waals surface area contributed by atoms with Crippen molar-refractivity contribution in [2.24, 2.45) is 0 Å². The number of benzene rings is 1. The highest BCUT2D eigenvalue weighted by Gasteiger charge is 2.19. The van der Waals surface area contributed by atoms with E-state index in [1.807, 2.05) is 25.1 Å². The monoisotopic (exact) mass is 218 g/mol. The summed E-state index contributed by atoms with van der Waals surface area (Å²) in [6.07, 6.45) is 0. The van der Waals surface area contributed by atoms with Gasteiger partial charge in [-0.2, -0.15) is 4.58 Å². The third kappa shape index (κ3) is 2.78. The molecule has 1 aromatic rings. The van der Waals surface area contributed by atoms with Crippen LogP contribution in [0, 0.1) is 0 Å². The van der Waals surface area contributed by atoms with E-state index in [-0.39, 0.29) is 11.3 Å². The first-order valence-corrected chi connectivity index (χ1v) is 5.59. The molecule has 0 N–H and O–H groups in total. The third-order valence-corrected chi connectivity index (χ3v) is 2.64. The molecule has 0 saturated heterocycles. The Morgan fingerprint density at radius 1 is 1.38 bits per heavy atom. The molecule has 0 atom stereocenters. The van der Waals surface area contributed by atoms with Crippen LogP contribution in [0.5, 0.6) is 0 Å². The summed E-state index contributed by atoms with van der Waals surface area (Å²) in [6.45, 7) is 12.7. The summed E-state index contributed by atoms with van der Waals surface area (Å²) in [5, 5.41) is 0. The fraction of sp³-hybridized carbons (Fsp3) is 0.429. The Labute approximate surface area is 97.6 Å². The van der Waals surface area contributed by atoms with Crippen molar-refractivity contribution in [3.63, 3.8) is 0 Å². The van der Waals surface area contributed by atoms with E-state index < -0.39 is 0 Å². The molecule has 0 aliphatic rings. The SMILES string of the molecule is C=[N+](CC)C(=O)c1cccc(C(C)(C)C)c1. The van der Waals surface area contributed by atoms with E-state index in [1.165, 1.54) is 10.1 Å². The van der Waals surface area contributed by atoms with Gasteiger partial charge >= 0.3 is 5.91 Å². The van der Waals surface area contributed by atoms with Crippen molar-refractivity contribution in [3.05, 3.63) is 35.4 Å². The molecule has 1 aromatic carbocycles. The van der Waals surface area contributed by atoms with E-state index in [2.05, 4.69) is 33.6 Å². The van der Waals surface area contributed by atoms with E-state index in [9.17, 15) is 4.79 Å². The fourth-order valence-corrected chi connectivity index (χ4v) is 1.44. The molecule has 0 saturated carbocycles. The summed E-state index contributed by atoms with van der Waals surface area (Å²) in [6, 6.07) is 7.77. The number of nitrogens with zero attached hydrogens (tertiary/aromatic N) is 1. The molecule has 16 heavy (non-hydrogen) atoms. The summed E-state index contributed by atoms with van der Waals surface area (Å²) < 4.78 is 1.47. The van der Waals surface area contributed by atoms with Crippen LogP contribution in [0.15, 0.2) is 24.3 Å². The van der Waals surface area contributed by atoms with Gasteiger partial charge in [0, 0.05) is 0 Å². The van der Waals surface area contributed by atoms with Gasteiger partial charge in [-0.25, -0.2) is 4.79 Å². The Balaban J connectivity index is 3.09. The topological polar surface area (TPSA) is 20.1 Å². The van der Waals surface area contributed by atoms with Gasteiger partial charge in [-0.1, -0.05) is 32.9 Å². The maximum atomic E-state index is 11.9. The lowest BCUT2D eigenvalue weighted by Crippen LogP contribution is -2.20.